The number of hydrogen-bond acceptors (Lipinski definition) is 7. The minimum Gasteiger partial charge on any atom is -0.493 e. The Labute approximate surface area is 148 Å². The molecule has 0 saturated carbocycles. The van der Waals surface area contributed by atoms with Crippen molar-refractivity contribution in [3.63, 3.8) is 0 Å². The van der Waals surface area contributed by atoms with Crippen LogP contribution in [0, 0.1) is 5.92 Å². The number of piperidine rings is 1. The fourth-order valence-electron chi connectivity index (χ4n) is 3.58. The van der Waals surface area contributed by atoms with Crippen molar-refractivity contribution in [1.82, 2.24) is 4.90 Å². The lowest BCUT2D eigenvalue weighted by molar-refractivity contribution is 0.257. The van der Waals surface area contributed by atoms with E-state index in [9.17, 15) is 0 Å². The second-order valence-corrected chi connectivity index (χ2v) is 6.56. The maximum atomic E-state index is 9.04. The molecule has 2 heterocycles. The molecule has 136 valence electrons. The van der Waals surface area contributed by atoms with Crippen LogP contribution < -0.4 is 14.8 Å². The number of methoxy groups -OCH3 is 2. The van der Waals surface area contributed by atoms with Crippen molar-refractivity contribution in [3.05, 3.63) is 17.7 Å². The molecule has 0 aromatic heterocycles. The highest BCUT2D eigenvalue weighted by atomic mass is 16.5. The van der Waals surface area contributed by atoms with Crippen LogP contribution in [-0.2, 0) is 0 Å². The Morgan fingerprint density at radius 2 is 1.88 bits per heavy atom. The second-order valence-electron chi connectivity index (χ2n) is 6.56. The predicted molar refractivity (Wildman–Crippen MR) is 98.5 cm³/mol. The highest BCUT2D eigenvalue weighted by Crippen LogP contribution is 2.36. The summed E-state index contributed by atoms with van der Waals surface area (Å²) in [5.74, 6) is 2.95. The van der Waals surface area contributed by atoms with Gasteiger partial charge in [0.1, 0.15) is 12.5 Å². The highest BCUT2D eigenvalue weighted by molar-refractivity contribution is 6.40. The van der Waals surface area contributed by atoms with Gasteiger partial charge < -0.3 is 29.7 Å². The zero-order valence-corrected chi connectivity index (χ0v) is 14.9. The van der Waals surface area contributed by atoms with Gasteiger partial charge >= 0.3 is 7.12 Å². The van der Waals surface area contributed by atoms with Gasteiger partial charge in [0.15, 0.2) is 11.5 Å². The van der Waals surface area contributed by atoms with Gasteiger partial charge in [0, 0.05) is 24.7 Å². The van der Waals surface area contributed by atoms with E-state index in [2.05, 4.69) is 15.2 Å². The van der Waals surface area contributed by atoms with Crippen molar-refractivity contribution in [1.29, 1.82) is 0 Å². The number of hydrogen-bond donors (Lipinski definition) is 3. The second kappa shape index (κ2) is 7.97. The lowest BCUT2D eigenvalue weighted by Gasteiger charge is -2.36. The molecule has 0 bridgehead atoms. The van der Waals surface area contributed by atoms with E-state index in [1.165, 1.54) is 0 Å². The van der Waals surface area contributed by atoms with Crippen molar-refractivity contribution in [2.24, 2.45) is 10.9 Å². The van der Waals surface area contributed by atoms with Gasteiger partial charge in [0.05, 0.1) is 19.9 Å². The number of nitrogens with one attached hydrogen (secondary N) is 1. The van der Waals surface area contributed by atoms with Crippen LogP contribution in [0.2, 0.25) is 6.32 Å². The van der Waals surface area contributed by atoms with Crippen molar-refractivity contribution in [2.45, 2.75) is 25.6 Å². The third kappa shape index (κ3) is 4.01. The third-order valence-corrected chi connectivity index (χ3v) is 5.01. The maximum Gasteiger partial charge on any atom is 0.451 e. The monoisotopic (exact) mass is 347 g/mol. The van der Waals surface area contributed by atoms with Crippen molar-refractivity contribution in [2.75, 3.05) is 39.3 Å². The van der Waals surface area contributed by atoms with Gasteiger partial charge in [0.2, 0.25) is 0 Å². The summed E-state index contributed by atoms with van der Waals surface area (Å²) in [5.41, 5.74) is 2.04. The topological polar surface area (TPSA) is 86.6 Å². The zero-order valence-electron chi connectivity index (χ0n) is 14.9. The number of benzene rings is 1. The molecule has 0 radical (unpaired) electrons. The van der Waals surface area contributed by atoms with Crippen LogP contribution in [0.15, 0.2) is 17.1 Å². The van der Waals surface area contributed by atoms with Crippen LogP contribution in [0.25, 0.3) is 0 Å². The molecule has 0 atom stereocenters. The minimum absolute atomic E-state index is 0.454. The van der Waals surface area contributed by atoms with Gasteiger partial charge in [-0.15, -0.1) is 0 Å². The van der Waals surface area contributed by atoms with Gasteiger partial charge in [-0.1, -0.05) is 6.42 Å². The first-order chi connectivity index (χ1) is 12.1. The standard InChI is InChI=1S/C17H26BN3O4/c1-24-15-9-13-14(10-16(15)25-2)19-11-20-17(13)21-7-4-12(5-8-21)3-6-18(22)23/h9-10,12,19,22-23H,3-8,11H2,1-2H3. The fraction of sp³-hybridized carbons (Fsp3) is 0.588. The number of anilines is 1. The molecule has 1 fully saturated rings. The predicted octanol–water partition coefficient (Wildman–Crippen LogP) is 1.41. The molecule has 2 aliphatic heterocycles. The molecule has 1 aromatic rings. The Bertz CT molecular complexity index is 631. The molecule has 3 rings (SSSR count). The first kappa shape index (κ1) is 17.9. The largest absolute Gasteiger partial charge is 0.493 e. The normalized spacial score (nSPS) is 17.4. The Hall–Kier alpha value is -1.93. The molecule has 2 aliphatic rings. The molecular formula is C17H26BN3O4. The molecule has 7 nitrogen and oxygen atoms in total. The van der Waals surface area contributed by atoms with Crippen molar-refractivity contribution in [3.8, 4) is 11.5 Å². The molecule has 3 N–H and O–H groups in total. The molecule has 0 amide bonds. The Morgan fingerprint density at radius 1 is 1.20 bits per heavy atom. The average molecular weight is 347 g/mol. The van der Waals surface area contributed by atoms with E-state index in [-0.39, 0.29) is 0 Å². The summed E-state index contributed by atoms with van der Waals surface area (Å²) in [6.45, 7) is 2.41. The number of nitrogens with zero attached hydrogens (tertiary/aromatic N) is 2. The van der Waals surface area contributed by atoms with Crippen LogP contribution in [0.1, 0.15) is 24.8 Å². The summed E-state index contributed by atoms with van der Waals surface area (Å²) in [5, 5.41) is 21.4. The van der Waals surface area contributed by atoms with E-state index in [1.54, 1.807) is 14.2 Å². The minimum atomic E-state index is -1.19. The van der Waals surface area contributed by atoms with Gasteiger partial charge in [-0.3, -0.25) is 0 Å². The van der Waals surface area contributed by atoms with Crippen LogP contribution in [-0.4, -0.2) is 61.9 Å². The Balaban J connectivity index is 1.72. The maximum absolute atomic E-state index is 9.04. The molecule has 0 unspecified atom stereocenters. The van der Waals surface area contributed by atoms with E-state index in [4.69, 9.17) is 19.5 Å². The van der Waals surface area contributed by atoms with E-state index < -0.39 is 7.12 Å². The van der Waals surface area contributed by atoms with Gasteiger partial charge in [-0.2, -0.15) is 0 Å². The van der Waals surface area contributed by atoms with Crippen LogP contribution in [0.4, 0.5) is 5.69 Å². The van der Waals surface area contributed by atoms with E-state index in [0.717, 1.165) is 49.4 Å². The zero-order chi connectivity index (χ0) is 17.8. The van der Waals surface area contributed by atoms with Crippen LogP contribution in [0.5, 0.6) is 11.5 Å². The summed E-state index contributed by atoms with van der Waals surface area (Å²) >= 11 is 0. The summed E-state index contributed by atoms with van der Waals surface area (Å²) in [4.78, 5) is 7.00. The Morgan fingerprint density at radius 3 is 2.52 bits per heavy atom. The number of likely N-dealkylation sites (tertiary alicyclic amines) is 1. The van der Waals surface area contributed by atoms with E-state index in [0.29, 0.717) is 30.4 Å². The number of amidine groups is 1. The van der Waals surface area contributed by atoms with Crippen molar-refractivity contribution >= 4 is 18.6 Å². The summed E-state index contributed by atoms with van der Waals surface area (Å²) in [6, 6.07) is 3.94. The molecule has 25 heavy (non-hydrogen) atoms. The van der Waals surface area contributed by atoms with E-state index >= 15 is 0 Å². The molecule has 0 spiro atoms. The highest BCUT2D eigenvalue weighted by Gasteiger charge is 2.27. The smallest absolute Gasteiger partial charge is 0.451 e. The molecule has 1 saturated heterocycles. The molecular weight excluding hydrogens is 321 g/mol. The number of fused-ring (bicyclic) bond motifs is 1. The third-order valence-electron chi connectivity index (χ3n) is 5.01. The summed E-state index contributed by atoms with van der Waals surface area (Å²) < 4.78 is 10.8. The SMILES string of the molecule is COc1cc2c(cc1OC)C(N1CCC(CCB(O)O)CC1)=NCN2. The number of ether oxygens (including phenoxy) is 2. The number of aliphatic imine (C=N–C) groups is 1. The van der Waals surface area contributed by atoms with Gasteiger partial charge in [-0.05, 0) is 31.1 Å². The summed E-state index contributed by atoms with van der Waals surface area (Å²) in [6.07, 6.45) is 3.40. The lowest BCUT2D eigenvalue weighted by atomic mass is 9.78. The van der Waals surface area contributed by atoms with Crippen LogP contribution in [0.3, 0.4) is 0 Å². The Kier molecular flexibility index (Phi) is 5.70. The lowest BCUT2D eigenvalue weighted by Crippen LogP contribution is -2.40. The van der Waals surface area contributed by atoms with Gasteiger partial charge in [0.25, 0.3) is 0 Å². The first-order valence-electron chi connectivity index (χ1n) is 8.78. The average Bonchev–Trinajstić information content (AvgIpc) is 2.65. The van der Waals surface area contributed by atoms with Crippen molar-refractivity contribution < 1.29 is 19.5 Å². The fourth-order valence-corrected chi connectivity index (χ4v) is 3.58. The van der Waals surface area contributed by atoms with E-state index in [1.807, 2.05) is 12.1 Å². The molecule has 0 aliphatic carbocycles. The van der Waals surface area contributed by atoms with Crippen LogP contribution >= 0.6 is 0 Å². The molecule has 8 heteroatoms. The summed E-state index contributed by atoms with van der Waals surface area (Å²) in [7, 11) is 2.08. The first-order valence-corrected chi connectivity index (χ1v) is 8.78. The quantitative estimate of drug-likeness (QED) is 0.699. The van der Waals surface area contributed by atoms with Gasteiger partial charge in [-0.25, -0.2) is 4.99 Å². The molecule has 1 aromatic carbocycles. The number of rotatable bonds is 5.